The molecule has 2 aromatic carbocycles. The van der Waals surface area contributed by atoms with E-state index in [2.05, 4.69) is 31.3 Å². The molecule has 0 amide bonds. The summed E-state index contributed by atoms with van der Waals surface area (Å²) in [7, 11) is 6.59. The first-order chi connectivity index (χ1) is 16.9. The van der Waals surface area contributed by atoms with Crippen molar-refractivity contribution in [2.45, 2.75) is 57.4 Å². The van der Waals surface area contributed by atoms with Crippen molar-refractivity contribution >= 4 is 0 Å². The Kier molecular flexibility index (Phi) is 9.28. The zero-order valence-corrected chi connectivity index (χ0v) is 22.0. The van der Waals surface area contributed by atoms with Gasteiger partial charge < -0.3 is 24.3 Å². The van der Waals surface area contributed by atoms with Crippen molar-refractivity contribution in [2.24, 2.45) is 11.8 Å². The molecule has 0 saturated heterocycles. The minimum absolute atomic E-state index is 0.168. The highest BCUT2D eigenvalue weighted by atomic mass is 16.5. The number of hydrogen-bond donors (Lipinski definition) is 1. The summed E-state index contributed by atoms with van der Waals surface area (Å²) in [6.45, 7) is 5.20. The van der Waals surface area contributed by atoms with Crippen LogP contribution in [0, 0.1) is 23.2 Å². The van der Waals surface area contributed by atoms with Gasteiger partial charge in [0.2, 0.25) is 0 Å². The summed E-state index contributed by atoms with van der Waals surface area (Å²) in [5.74, 6) is 3.29. The van der Waals surface area contributed by atoms with E-state index in [4.69, 9.17) is 18.9 Å². The second-order valence-corrected chi connectivity index (χ2v) is 9.66. The van der Waals surface area contributed by atoms with Gasteiger partial charge in [0.1, 0.15) is 0 Å². The first kappa shape index (κ1) is 26.7. The summed E-state index contributed by atoms with van der Waals surface area (Å²) in [4.78, 5) is 0. The van der Waals surface area contributed by atoms with Crippen LogP contribution in [0.5, 0.6) is 23.0 Å². The summed E-state index contributed by atoms with van der Waals surface area (Å²) in [6.07, 6.45) is 5.18. The molecular formula is C29H40N2O4. The third-order valence-electron chi connectivity index (χ3n) is 7.57. The molecule has 1 saturated carbocycles. The van der Waals surface area contributed by atoms with Gasteiger partial charge in [-0.2, -0.15) is 5.26 Å². The summed E-state index contributed by atoms with van der Waals surface area (Å²) in [5, 5.41) is 14.3. The average Bonchev–Trinajstić information content (AvgIpc) is 2.89. The Morgan fingerprint density at radius 3 is 2.14 bits per heavy atom. The lowest BCUT2D eigenvalue weighted by atomic mass is 9.60. The Morgan fingerprint density at radius 2 is 1.54 bits per heavy atom. The molecule has 1 N–H and O–H groups in total. The molecule has 0 aliphatic heterocycles. The zero-order chi connectivity index (χ0) is 25.4. The van der Waals surface area contributed by atoms with Crippen LogP contribution >= 0.6 is 0 Å². The Labute approximate surface area is 210 Å². The average molecular weight is 481 g/mol. The van der Waals surface area contributed by atoms with Crippen LogP contribution in [0.3, 0.4) is 0 Å². The molecule has 35 heavy (non-hydrogen) atoms. The number of rotatable bonds is 11. The third kappa shape index (κ3) is 5.67. The molecule has 3 atom stereocenters. The smallest absolute Gasteiger partial charge is 0.161 e. The van der Waals surface area contributed by atoms with E-state index >= 15 is 0 Å². The molecule has 0 aromatic heterocycles. The molecule has 190 valence electrons. The molecule has 1 aliphatic rings. The summed E-state index contributed by atoms with van der Waals surface area (Å²) in [6, 6.07) is 15.2. The number of hydrogen-bond acceptors (Lipinski definition) is 6. The molecule has 6 nitrogen and oxygen atoms in total. The van der Waals surface area contributed by atoms with Gasteiger partial charge >= 0.3 is 0 Å². The molecule has 0 unspecified atom stereocenters. The second kappa shape index (κ2) is 12.2. The Bertz CT molecular complexity index is 1020. The van der Waals surface area contributed by atoms with E-state index < -0.39 is 5.41 Å². The summed E-state index contributed by atoms with van der Waals surface area (Å²) in [5.41, 5.74) is 1.65. The van der Waals surface area contributed by atoms with E-state index in [1.54, 1.807) is 28.4 Å². The predicted octanol–water partition coefficient (Wildman–Crippen LogP) is 5.53. The largest absolute Gasteiger partial charge is 0.493 e. The van der Waals surface area contributed by atoms with Gasteiger partial charge in [-0.15, -0.1) is 0 Å². The van der Waals surface area contributed by atoms with E-state index in [1.807, 2.05) is 30.3 Å². The van der Waals surface area contributed by atoms with Crippen LogP contribution in [-0.2, 0) is 11.8 Å². The normalized spacial score (nSPS) is 19.5. The van der Waals surface area contributed by atoms with Gasteiger partial charge in [-0.25, -0.2) is 0 Å². The van der Waals surface area contributed by atoms with Gasteiger partial charge in [0.25, 0.3) is 0 Å². The number of methoxy groups -OCH3 is 4. The van der Waals surface area contributed by atoms with Crippen LogP contribution in [-0.4, -0.2) is 41.0 Å². The standard InChI is InChI=1S/C29H40N2O4/c1-20(2)29(19-30,23-11-13-26(33-4)28(18-23)35-6)22-8-7-9-24(17-22)31-15-14-21-10-12-25(32-3)27(16-21)34-5/h10-13,16,18,20,22,24,31H,7-9,14-15,17H2,1-6H3/t22-,24+,29-/m0/s1. The minimum atomic E-state index is -0.580. The van der Waals surface area contributed by atoms with Crippen molar-refractivity contribution in [3.63, 3.8) is 0 Å². The monoisotopic (exact) mass is 480 g/mol. The number of nitriles is 1. The van der Waals surface area contributed by atoms with Gasteiger partial charge in [-0.3, -0.25) is 0 Å². The molecule has 0 bridgehead atoms. The van der Waals surface area contributed by atoms with Gasteiger partial charge in [0.15, 0.2) is 23.0 Å². The van der Waals surface area contributed by atoms with Crippen LogP contribution in [0.25, 0.3) is 0 Å². The topological polar surface area (TPSA) is 72.7 Å². The maximum Gasteiger partial charge on any atom is 0.161 e. The van der Waals surface area contributed by atoms with E-state index in [1.165, 1.54) is 5.56 Å². The molecule has 0 spiro atoms. The quantitative estimate of drug-likeness (QED) is 0.456. The highest BCUT2D eigenvalue weighted by Gasteiger charge is 2.45. The van der Waals surface area contributed by atoms with Gasteiger partial charge in [-0.1, -0.05) is 32.4 Å². The van der Waals surface area contributed by atoms with E-state index in [-0.39, 0.29) is 11.8 Å². The first-order valence-electron chi connectivity index (χ1n) is 12.5. The SMILES string of the molecule is COc1ccc(CCN[C@@H]2CCC[C@H]([C@@](C#N)(c3ccc(OC)c(OC)c3)C(C)C)C2)cc1OC. The highest BCUT2D eigenvalue weighted by molar-refractivity contribution is 5.48. The first-order valence-corrected chi connectivity index (χ1v) is 12.5. The molecular weight excluding hydrogens is 440 g/mol. The molecule has 1 aliphatic carbocycles. The van der Waals surface area contributed by atoms with Crippen LogP contribution < -0.4 is 24.3 Å². The zero-order valence-electron chi connectivity index (χ0n) is 22.0. The lowest BCUT2D eigenvalue weighted by Gasteiger charge is -2.43. The maximum absolute atomic E-state index is 10.6. The van der Waals surface area contributed by atoms with E-state index in [0.717, 1.165) is 55.7 Å². The number of nitrogens with one attached hydrogen (secondary N) is 1. The fraction of sp³-hybridized carbons (Fsp3) is 0.552. The van der Waals surface area contributed by atoms with Gasteiger partial charge in [-0.05, 0) is 79.5 Å². The predicted molar refractivity (Wildman–Crippen MR) is 139 cm³/mol. The Morgan fingerprint density at radius 1 is 0.914 bits per heavy atom. The fourth-order valence-electron chi connectivity index (χ4n) is 5.66. The maximum atomic E-state index is 10.6. The van der Waals surface area contributed by atoms with Crippen LogP contribution in [0.4, 0.5) is 0 Å². The van der Waals surface area contributed by atoms with E-state index in [0.29, 0.717) is 17.5 Å². The Hall–Kier alpha value is -2.91. The van der Waals surface area contributed by atoms with Crippen molar-refractivity contribution in [1.82, 2.24) is 5.32 Å². The lowest BCUT2D eigenvalue weighted by molar-refractivity contribution is 0.173. The van der Waals surface area contributed by atoms with Crippen molar-refractivity contribution in [3.05, 3.63) is 47.5 Å². The van der Waals surface area contributed by atoms with Crippen LogP contribution in [0.1, 0.15) is 50.7 Å². The molecule has 1 fully saturated rings. The molecule has 0 heterocycles. The van der Waals surface area contributed by atoms with Gasteiger partial charge in [0, 0.05) is 6.04 Å². The van der Waals surface area contributed by atoms with Crippen molar-refractivity contribution in [1.29, 1.82) is 5.26 Å². The fourth-order valence-corrected chi connectivity index (χ4v) is 5.66. The van der Waals surface area contributed by atoms with E-state index in [9.17, 15) is 5.26 Å². The number of benzene rings is 2. The molecule has 0 radical (unpaired) electrons. The van der Waals surface area contributed by atoms with Crippen LogP contribution in [0.15, 0.2) is 36.4 Å². The summed E-state index contributed by atoms with van der Waals surface area (Å²) < 4.78 is 21.8. The second-order valence-electron chi connectivity index (χ2n) is 9.66. The molecule has 2 aromatic rings. The van der Waals surface area contributed by atoms with Crippen LogP contribution in [0.2, 0.25) is 0 Å². The Balaban J connectivity index is 1.73. The third-order valence-corrected chi connectivity index (χ3v) is 7.57. The minimum Gasteiger partial charge on any atom is -0.493 e. The highest BCUT2D eigenvalue weighted by Crippen LogP contribution is 2.47. The molecule has 3 rings (SSSR count). The van der Waals surface area contributed by atoms with Crippen molar-refractivity contribution in [2.75, 3.05) is 35.0 Å². The number of nitrogens with zero attached hydrogens (tertiary/aromatic N) is 1. The summed E-state index contributed by atoms with van der Waals surface area (Å²) >= 11 is 0. The lowest BCUT2D eigenvalue weighted by Crippen LogP contribution is -2.45. The number of ether oxygens (including phenoxy) is 4. The van der Waals surface area contributed by atoms with Crippen molar-refractivity contribution < 1.29 is 18.9 Å². The van der Waals surface area contributed by atoms with Gasteiger partial charge in [0.05, 0.1) is 39.9 Å². The molecule has 6 heteroatoms. The van der Waals surface area contributed by atoms with Crippen molar-refractivity contribution in [3.8, 4) is 29.1 Å².